The fourth-order valence-electron chi connectivity index (χ4n) is 2.51. The van der Waals surface area contributed by atoms with Crippen LogP contribution in [0.25, 0.3) is 11.0 Å². The Labute approximate surface area is 165 Å². The molecule has 0 bridgehead atoms. The van der Waals surface area contributed by atoms with Gasteiger partial charge in [0.2, 0.25) is 5.09 Å². The van der Waals surface area contributed by atoms with Crippen molar-refractivity contribution >= 4 is 50.0 Å². The normalized spacial score (nSPS) is 11.7. The summed E-state index contributed by atoms with van der Waals surface area (Å²) in [5.41, 5.74) is 1.84. The van der Waals surface area contributed by atoms with Gasteiger partial charge in [0.05, 0.1) is 5.69 Å². The number of nitrogens with one attached hydrogen (secondary N) is 2. The molecule has 0 radical (unpaired) electrons. The maximum atomic E-state index is 12.8. The van der Waals surface area contributed by atoms with Crippen molar-refractivity contribution in [2.24, 2.45) is 0 Å². The van der Waals surface area contributed by atoms with Crippen molar-refractivity contribution in [3.05, 3.63) is 71.5 Å². The van der Waals surface area contributed by atoms with Gasteiger partial charge in [0.15, 0.2) is 0 Å². The summed E-state index contributed by atoms with van der Waals surface area (Å²) in [6, 6.07) is 15.6. The summed E-state index contributed by atoms with van der Waals surface area (Å²) >= 11 is 7.54. The minimum Gasteiger partial charge on any atom is -0.443 e. The lowest BCUT2D eigenvalue weighted by Crippen LogP contribution is -2.12. The molecule has 4 rings (SSSR count). The van der Waals surface area contributed by atoms with E-state index in [1.165, 1.54) is 17.8 Å². The van der Waals surface area contributed by atoms with Crippen LogP contribution in [0.4, 0.5) is 5.69 Å². The Morgan fingerprint density at radius 3 is 2.78 bits per heavy atom. The number of furan rings is 1. The lowest BCUT2D eigenvalue weighted by Gasteiger charge is -2.11. The van der Waals surface area contributed by atoms with Crippen LogP contribution < -0.4 is 4.72 Å². The van der Waals surface area contributed by atoms with Crippen LogP contribution in [0, 0.1) is 0 Å². The van der Waals surface area contributed by atoms with Gasteiger partial charge in [-0.1, -0.05) is 29.8 Å². The van der Waals surface area contributed by atoms with Crippen molar-refractivity contribution in [3.63, 3.8) is 0 Å². The third kappa shape index (κ3) is 3.97. The van der Waals surface area contributed by atoms with E-state index in [4.69, 9.17) is 16.0 Å². The van der Waals surface area contributed by atoms with Gasteiger partial charge < -0.3 is 4.42 Å². The van der Waals surface area contributed by atoms with Crippen LogP contribution in [0.2, 0.25) is 5.02 Å². The molecular formula is C18H14ClN3O3S2. The average Bonchev–Trinajstić information content (AvgIpc) is 3.30. The molecule has 9 heteroatoms. The Bertz CT molecular complexity index is 1150. The van der Waals surface area contributed by atoms with E-state index in [1.807, 2.05) is 12.1 Å². The second kappa shape index (κ2) is 7.30. The van der Waals surface area contributed by atoms with Gasteiger partial charge in [0.25, 0.3) is 10.0 Å². The molecule has 27 heavy (non-hydrogen) atoms. The predicted molar refractivity (Wildman–Crippen MR) is 107 cm³/mol. The second-order valence-corrected chi connectivity index (χ2v) is 8.79. The standard InChI is InChI=1S/C18H14ClN3O3S2/c19-13-5-6-17(26-11-14-7-8-20-21-14)15(10-13)22-27(23,24)18-9-12-3-1-2-4-16(12)25-18/h1-10,22H,11H2,(H,20,21). The molecule has 2 aromatic carbocycles. The smallest absolute Gasteiger partial charge is 0.295 e. The molecule has 4 aromatic rings. The molecule has 2 heterocycles. The van der Waals surface area contributed by atoms with E-state index >= 15 is 0 Å². The van der Waals surface area contributed by atoms with Crippen molar-refractivity contribution < 1.29 is 12.8 Å². The molecule has 6 nitrogen and oxygen atoms in total. The highest BCUT2D eigenvalue weighted by Gasteiger charge is 2.21. The van der Waals surface area contributed by atoms with Crippen LogP contribution in [-0.4, -0.2) is 18.6 Å². The largest absolute Gasteiger partial charge is 0.443 e. The number of aromatic amines is 1. The summed E-state index contributed by atoms with van der Waals surface area (Å²) in [6.07, 6.45) is 1.67. The number of H-pyrrole nitrogens is 1. The SMILES string of the molecule is O=S(=O)(Nc1cc(Cl)ccc1SCc1ccn[nH]1)c1cc2ccccc2o1. The zero-order valence-electron chi connectivity index (χ0n) is 13.8. The molecule has 2 N–H and O–H groups in total. The Kier molecular flexibility index (Phi) is 4.86. The number of halogens is 1. The highest BCUT2D eigenvalue weighted by molar-refractivity contribution is 7.98. The average molecular weight is 420 g/mol. The number of para-hydroxylation sites is 1. The van der Waals surface area contributed by atoms with Crippen molar-refractivity contribution in [3.8, 4) is 0 Å². The number of anilines is 1. The number of hydrogen-bond donors (Lipinski definition) is 2. The van der Waals surface area contributed by atoms with Crippen LogP contribution in [-0.2, 0) is 15.8 Å². The zero-order valence-corrected chi connectivity index (χ0v) is 16.2. The zero-order chi connectivity index (χ0) is 18.9. The molecule has 2 aromatic heterocycles. The van der Waals surface area contributed by atoms with E-state index in [2.05, 4.69) is 14.9 Å². The molecule has 0 atom stereocenters. The summed E-state index contributed by atoms with van der Waals surface area (Å²) in [5.74, 6) is 0.612. The first kappa shape index (κ1) is 18.0. The van der Waals surface area contributed by atoms with E-state index in [1.54, 1.807) is 42.6 Å². The third-order valence-corrected chi connectivity index (χ3v) is 6.37. The molecule has 0 aliphatic carbocycles. The van der Waals surface area contributed by atoms with E-state index in [-0.39, 0.29) is 5.09 Å². The predicted octanol–water partition coefficient (Wildman–Crippen LogP) is 4.90. The summed E-state index contributed by atoms with van der Waals surface area (Å²) in [7, 11) is -3.90. The van der Waals surface area contributed by atoms with Gasteiger partial charge in [-0.2, -0.15) is 13.5 Å². The number of thioether (sulfide) groups is 1. The van der Waals surface area contributed by atoms with Gasteiger partial charge in [0.1, 0.15) is 5.58 Å². The second-order valence-electron chi connectivity index (χ2n) is 5.72. The molecule has 0 spiro atoms. The molecular weight excluding hydrogens is 406 g/mol. The van der Waals surface area contributed by atoms with Crippen molar-refractivity contribution in [2.75, 3.05) is 4.72 Å². The summed E-state index contributed by atoms with van der Waals surface area (Å²) in [6.45, 7) is 0. The maximum Gasteiger partial charge on any atom is 0.295 e. The van der Waals surface area contributed by atoms with Gasteiger partial charge in [0, 0.05) is 39.0 Å². The molecule has 138 valence electrons. The molecule has 0 amide bonds. The van der Waals surface area contributed by atoms with E-state index in [9.17, 15) is 8.42 Å². The monoisotopic (exact) mass is 419 g/mol. The van der Waals surface area contributed by atoms with E-state index in [0.29, 0.717) is 22.0 Å². The molecule has 0 saturated carbocycles. The van der Waals surface area contributed by atoms with Crippen molar-refractivity contribution in [1.29, 1.82) is 0 Å². The van der Waals surface area contributed by atoms with Gasteiger partial charge >= 0.3 is 0 Å². The maximum absolute atomic E-state index is 12.8. The van der Waals surface area contributed by atoms with Gasteiger partial charge in [-0.05, 0) is 30.3 Å². The fourth-order valence-corrected chi connectivity index (χ4v) is 4.69. The number of nitrogens with zero attached hydrogens (tertiary/aromatic N) is 1. The van der Waals surface area contributed by atoms with Gasteiger partial charge in [-0.15, -0.1) is 11.8 Å². The van der Waals surface area contributed by atoms with Crippen molar-refractivity contribution in [2.45, 2.75) is 15.7 Å². The third-order valence-electron chi connectivity index (χ3n) is 3.80. The number of fused-ring (bicyclic) bond motifs is 1. The fraction of sp³-hybridized carbons (Fsp3) is 0.0556. The van der Waals surface area contributed by atoms with E-state index < -0.39 is 10.0 Å². The van der Waals surface area contributed by atoms with Gasteiger partial charge in [-0.3, -0.25) is 9.82 Å². The number of rotatable bonds is 6. The quantitative estimate of drug-likeness (QED) is 0.434. The molecule has 0 aliphatic heterocycles. The van der Waals surface area contributed by atoms with Gasteiger partial charge in [-0.25, -0.2) is 0 Å². The number of sulfonamides is 1. The van der Waals surface area contributed by atoms with E-state index in [0.717, 1.165) is 16.0 Å². The van der Waals surface area contributed by atoms with Crippen LogP contribution in [0.5, 0.6) is 0 Å². The highest BCUT2D eigenvalue weighted by Crippen LogP contribution is 2.34. The van der Waals surface area contributed by atoms with Crippen LogP contribution in [0.1, 0.15) is 5.69 Å². The van der Waals surface area contributed by atoms with Crippen LogP contribution >= 0.6 is 23.4 Å². The minimum atomic E-state index is -3.90. The lowest BCUT2D eigenvalue weighted by molar-refractivity contribution is 0.484. The summed E-state index contributed by atoms with van der Waals surface area (Å²) in [5, 5.41) is 7.79. The summed E-state index contributed by atoms with van der Waals surface area (Å²) < 4.78 is 33.7. The first-order chi connectivity index (χ1) is 13.0. The molecule has 0 fully saturated rings. The summed E-state index contributed by atoms with van der Waals surface area (Å²) in [4.78, 5) is 0.744. The molecule has 0 aliphatic rings. The number of aromatic nitrogens is 2. The molecule has 0 unspecified atom stereocenters. The topological polar surface area (TPSA) is 88.0 Å². The minimum absolute atomic E-state index is 0.145. The van der Waals surface area contributed by atoms with Crippen LogP contribution in [0.3, 0.4) is 0 Å². The van der Waals surface area contributed by atoms with Crippen molar-refractivity contribution in [1.82, 2.24) is 10.2 Å². The Morgan fingerprint density at radius 1 is 1.15 bits per heavy atom. The highest BCUT2D eigenvalue weighted by atomic mass is 35.5. The lowest BCUT2D eigenvalue weighted by atomic mass is 10.3. The number of benzene rings is 2. The number of hydrogen-bond acceptors (Lipinski definition) is 5. The Hall–Kier alpha value is -2.42. The Balaban J connectivity index is 1.63. The molecule has 0 saturated heterocycles. The van der Waals surface area contributed by atoms with Crippen LogP contribution in [0.15, 0.2) is 75.2 Å². The Morgan fingerprint density at radius 2 is 2.00 bits per heavy atom. The first-order valence-electron chi connectivity index (χ1n) is 7.93. The first-order valence-corrected chi connectivity index (χ1v) is 10.8.